The molecule has 1 aromatic rings. The third-order valence-electron chi connectivity index (χ3n) is 3.29. The Morgan fingerprint density at radius 1 is 1.39 bits per heavy atom. The minimum atomic E-state index is -0.0584. The SMILES string of the molecule is CCc1nc(NC)cc(NCC2(C)CCCO2)n1. The maximum Gasteiger partial charge on any atom is 0.132 e. The van der Waals surface area contributed by atoms with Crippen molar-refractivity contribution in [1.82, 2.24) is 9.97 Å². The highest BCUT2D eigenvalue weighted by Gasteiger charge is 2.29. The van der Waals surface area contributed by atoms with Crippen LogP contribution >= 0.6 is 0 Å². The monoisotopic (exact) mass is 250 g/mol. The van der Waals surface area contributed by atoms with Gasteiger partial charge in [0.15, 0.2) is 0 Å². The van der Waals surface area contributed by atoms with Gasteiger partial charge in [0, 0.05) is 32.7 Å². The van der Waals surface area contributed by atoms with Crippen LogP contribution in [0.25, 0.3) is 0 Å². The predicted molar refractivity (Wildman–Crippen MR) is 73.0 cm³/mol. The van der Waals surface area contributed by atoms with Gasteiger partial charge in [0.05, 0.1) is 5.60 Å². The zero-order chi connectivity index (χ0) is 13.0. The molecule has 1 fully saturated rings. The molecule has 18 heavy (non-hydrogen) atoms. The molecular formula is C13H22N4O. The summed E-state index contributed by atoms with van der Waals surface area (Å²) in [5, 5.41) is 6.42. The van der Waals surface area contributed by atoms with Crippen LogP contribution in [-0.2, 0) is 11.2 Å². The molecule has 2 rings (SSSR count). The molecule has 5 nitrogen and oxygen atoms in total. The van der Waals surface area contributed by atoms with Gasteiger partial charge in [0.25, 0.3) is 0 Å². The first-order chi connectivity index (χ1) is 8.65. The van der Waals surface area contributed by atoms with Gasteiger partial charge in [-0.15, -0.1) is 0 Å². The summed E-state index contributed by atoms with van der Waals surface area (Å²) >= 11 is 0. The molecule has 0 spiro atoms. The summed E-state index contributed by atoms with van der Waals surface area (Å²) in [6.45, 7) is 5.86. The highest BCUT2D eigenvalue weighted by atomic mass is 16.5. The quantitative estimate of drug-likeness (QED) is 0.837. The molecule has 0 amide bonds. The summed E-state index contributed by atoms with van der Waals surface area (Å²) in [6, 6.07) is 1.93. The lowest BCUT2D eigenvalue weighted by atomic mass is 10.0. The molecule has 1 atom stereocenters. The summed E-state index contributed by atoms with van der Waals surface area (Å²) in [5.74, 6) is 2.56. The Kier molecular flexibility index (Phi) is 4.01. The van der Waals surface area contributed by atoms with Gasteiger partial charge in [-0.2, -0.15) is 0 Å². The van der Waals surface area contributed by atoms with Gasteiger partial charge in [-0.05, 0) is 19.8 Å². The number of aromatic nitrogens is 2. The van der Waals surface area contributed by atoms with Crippen molar-refractivity contribution in [3.05, 3.63) is 11.9 Å². The smallest absolute Gasteiger partial charge is 0.132 e. The Labute approximate surface area is 108 Å². The Morgan fingerprint density at radius 2 is 2.17 bits per heavy atom. The Bertz CT molecular complexity index is 380. The van der Waals surface area contributed by atoms with Crippen molar-refractivity contribution in [2.24, 2.45) is 0 Å². The second-order valence-electron chi connectivity index (χ2n) is 4.91. The molecule has 0 bridgehead atoms. The van der Waals surface area contributed by atoms with E-state index in [-0.39, 0.29) is 5.60 Å². The minimum Gasteiger partial charge on any atom is -0.373 e. The topological polar surface area (TPSA) is 59.1 Å². The van der Waals surface area contributed by atoms with Crippen LogP contribution in [0.2, 0.25) is 0 Å². The molecule has 0 aliphatic carbocycles. The highest BCUT2D eigenvalue weighted by Crippen LogP contribution is 2.25. The van der Waals surface area contributed by atoms with Gasteiger partial charge in [0.2, 0.25) is 0 Å². The second-order valence-corrected chi connectivity index (χ2v) is 4.91. The molecule has 0 saturated carbocycles. The molecule has 1 unspecified atom stereocenters. The molecule has 1 saturated heterocycles. The number of nitrogens with one attached hydrogen (secondary N) is 2. The van der Waals surface area contributed by atoms with Gasteiger partial charge in [-0.1, -0.05) is 6.92 Å². The van der Waals surface area contributed by atoms with Crippen LogP contribution in [-0.4, -0.2) is 35.8 Å². The van der Waals surface area contributed by atoms with Crippen molar-refractivity contribution in [3.8, 4) is 0 Å². The predicted octanol–water partition coefficient (Wildman–Crippen LogP) is 2.06. The zero-order valence-electron chi connectivity index (χ0n) is 11.4. The first-order valence-electron chi connectivity index (χ1n) is 6.59. The number of rotatable bonds is 5. The van der Waals surface area contributed by atoms with Crippen LogP contribution < -0.4 is 10.6 Å². The van der Waals surface area contributed by atoms with E-state index in [2.05, 4.69) is 34.4 Å². The first kappa shape index (κ1) is 13.1. The maximum absolute atomic E-state index is 5.75. The van der Waals surface area contributed by atoms with E-state index in [0.717, 1.165) is 49.9 Å². The van der Waals surface area contributed by atoms with Crippen LogP contribution in [0.5, 0.6) is 0 Å². The van der Waals surface area contributed by atoms with Crippen molar-refractivity contribution < 1.29 is 4.74 Å². The van der Waals surface area contributed by atoms with Crippen LogP contribution in [0, 0.1) is 0 Å². The first-order valence-corrected chi connectivity index (χ1v) is 6.59. The third-order valence-corrected chi connectivity index (χ3v) is 3.29. The van der Waals surface area contributed by atoms with Crippen LogP contribution in [0.15, 0.2) is 6.07 Å². The lowest BCUT2D eigenvalue weighted by molar-refractivity contribution is 0.0314. The Morgan fingerprint density at radius 3 is 2.78 bits per heavy atom. The minimum absolute atomic E-state index is 0.0584. The molecule has 1 aliphatic heterocycles. The third kappa shape index (κ3) is 3.10. The summed E-state index contributed by atoms with van der Waals surface area (Å²) < 4.78 is 5.75. The fraction of sp³-hybridized carbons (Fsp3) is 0.692. The number of hydrogen-bond donors (Lipinski definition) is 2. The second kappa shape index (κ2) is 5.52. The molecule has 0 aromatic carbocycles. The van der Waals surface area contributed by atoms with E-state index in [9.17, 15) is 0 Å². The summed E-state index contributed by atoms with van der Waals surface area (Å²) in [6.07, 6.45) is 3.08. The Balaban J connectivity index is 2.04. The van der Waals surface area contributed by atoms with Crippen molar-refractivity contribution in [1.29, 1.82) is 0 Å². The average molecular weight is 250 g/mol. The largest absolute Gasteiger partial charge is 0.373 e. The Hall–Kier alpha value is -1.36. The van der Waals surface area contributed by atoms with Crippen LogP contribution in [0.1, 0.15) is 32.5 Å². The molecule has 1 aliphatic rings. The van der Waals surface area contributed by atoms with E-state index in [1.165, 1.54) is 0 Å². The number of anilines is 2. The van der Waals surface area contributed by atoms with E-state index >= 15 is 0 Å². The van der Waals surface area contributed by atoms with E-state index in [1.807, 2.05) is 13.1 Å². The van der Waals surface area contributed by atoms with Crippen molar-refractivity contribution >= 4 is 11.6 Å². The van der Waals surface area contributed by atoms with E-state index < -0.39 is 0 Å². The summed E-state index contributed by atoms with van der Waals surface area (Å²) in [7, 11) is 1.87. The highest BCUT2D eigenvalue weighted by molar-refractivity contribution is 5.47. The molecular weight excluding hydrogens is 228 g/mol. The van der Waals surface area contributed by atoms with E-state index in [4.69, 9.17) is 4.74 Å². The standard InChI is InChI=1S/C13H22N4O/c1-4-10-16-11(14-3)8-12(17-10)15-9-13(2)6-5-7-18-13/h8H,4-7,9H2,1-3H3,(H2,14,15,16,17). The molecule has 2 N–H and O–H groups in total. The molecule has 2 heterocycles. The van der Waals surface area contributed by atoms with Gasteiger partial charge in [0.1, 0.15) is 17.5 Å². The maximum atomic E-state index is 5.75. The number of hydrogen-bond acceptors (Lipinski definition) is 5. The number of aryl methyl sites for hydroxylation is 1. The summed E-state index contributed by atoms with van der Waals surface area (Å²) in [4.78, 5) is 8.85. The lowest BCUT2D eigenvalue weighted by Crippen LogP contribution is -2.32. The molecule has 1 aromatic heterocycles. The molecule has 5 heteroatoms. The lowest BCUT2D eigenvalue weighted by Gasteiger charge is -2.23. The zero-order valence-corrected chi connectivity index (χ0v) is 11.4. The van der Waals surface area contributed by atoms with Crippen molar-refractivity contribution in [2.75, 3.05) is 30.8 Å². The van der Waals surface area contributed by atoms with Crippen LogP contribution in [0.3, 0.4) is 0 Å². The number of ether oxygens (including phenoxy) is 1. The van der Waals surface area contributed by atoms with E-state index in [0.29, 0.717) is 0 Å². The normalized spacial score (nSPS) is 23.1. The fourth-order valence-electron chi connectivity index (χ4n) is 2.13. The summed E-state index contributed by atoms with van der Waals surface area (Å²) in [5.41, 5.74) is -0.0584. The van der Waals surface area contributed by atoms with Gasteiger partial charge in [-0.25, -0.2) is 9.97 Å². The van der Waals surface area contributed by atoms with E-state index in [1.54, 1.807) is 0 Å². The van der Waals surface area contributed by atoms with Crippen molar-refractivity contribution in [3.63, 3.8) is 0 Å². The average Bonchev–Trinajstić information content (AvgIpc) is 2.83. The number of nitrogens with zero attached hydrogens (tertiary/aromatic N) is 2. The fourth-order valence-corrected chi connectivity index (χ4v) is 2.13. The molecule has 100 valence electrons. The van der Waals surface area contributed by atoms with Gasteiger partial charge >= 0.3 is 0 Å². The van der Waals surface area contributed by atoms with Gasteiger partial charge in [-0.3, -0.25) is 0 Å². The molecule has 0 radical (unpaired) electrons. The van der Waals surface area contributed by atoms with Crippen LogP contribution in [0.4, 0.5) is 11.6 Å². The van der Waals surface area contributed by atoms with Crippen molar-refractivity contribution in [2.45, 2.75) is 38.7 Å². The van der Waals surface area contributed by atoms with Gasteiger partial charge < -0.3 is 15.4 Å².